The molecule has 5 heteroatoms. The maximum Gasteiger partial charge on any atom is 0.124 e. The number of aromatic nitrogens is 2. The van der Waals surface area contributed by atoms with Crippen molar-refractivity contribution in [2.24, 2.45) is 0 Å². The van der Waals surface area contributed by atoms with Crippen LogP contribution in [0.15, 0.2) is 24.5 Å². The van der Waals surface area contributed by atoms with Crippen LogP contribution in [0.1, 0.15) is 48.8 Å². The standard InChI is InChI=1S/C18H25N3O2/c1-3-16-18-15(19-12-20-18)7-8-21(16)10-13-5-6-17(23-4-2)14(9-13)11-22/h5-6,9,12,16,22H,3-4,7-8,10-11H2,1-2H3,(H,19,20)/t16-/m0/s1. The van der Waals surface area contributed by atoms with Gasteiger partial charge in [0.2, 0.25) is 0 Å². The van der Waals surface area contributed by atoms with Crippen molar-refractivity contribution in [3.05, 3.63) is 47.0 Å². The van der Waals surface area contributed by atoms with Crippen molar-refractivity contribution in [1.29, 1.82) is 0 Å². The Bertz CT molecular complexity index is 653. The molecule has 0 bridgehead atoms. The molecule has 0 aliphatic carbocycles. The van der Waals surface area contributed by atoms with Gasteiger partial charge >= 0.3 is 0 Å². The lowest BCUT2D eigenvalue weighted by Crippen LogP contribution is -2.34. The summed E-state index contributed by atoms with van der Waals surface area (Å²) < 4.78 is 5.56. The van der Waals surface area contributed by atoms with Gasteiger partial charge in [0.25, 0.3) is 0 Å². The van der Waals surface area contributed by atoms with E-state index in [0.717, 1.165) is 37.2 Å². The van der Waals surface area contributed by atoms with Crippen molar-refractivity contribution in [1.82, 2.24) is 14.9 Å². The molecule has 0 radical (unpaired) electrons. The summed E-state index contributed by atoms with van der Waals surface area (Å²) >= 11 is 0. The molecule has 0 amide bonds. The molecule has 5 nitrogen and oxygen atoms in total. The molecule has 1 aliphatic rings. The Morgan fingerprint density at radius 1 is 1.39 bits per heavy atom. The first-order valence-corrected chi connectivity index (χ1v) is 8.38. The second-order valence-electron chi connectivity index (χ2n) is 5.94. The topological polar surface area (TPSA) is 61.4 Å². The fourth-order valence-electron chi connectivity index (χ4n) is 3.43. The molecule has 1 aromatic heterocycles. The zero-order chi connectivity index (χ0) is 16.2. The number of hydrogen-bond acceptors (Lipinski definition) is 4. The Hall–Kier alpha value is -1.85. The molecule has 2 heterocycles. The summed E-state index contributed by atoms with van der Waals surface area (Å²) in [6.45, 7) is 6.66. The van der Waals surface area contributed by atoms with E-state index in [0.29, 0.717) is 12.6 Å². The zero-order valence-corrected chi connectivity index (χ0v) is 13.9. The third kappa shape index (κ3) is 3.26. The highest BCUT2D eigenvalue weighted by atomic mass is 16.5. The highest BCUT2D eigenvalue weighted by molar-refractivity contribution is 5.37. The molecule has 1 aromatic carbocycles. The molecule has 23 heavy (non-hydrogen) atoms. The Morgan fingerprint density at radius 2 is 2.26 bits per heavy atom. The molecular formula is C18H25N3O2. The molecule has 0 fully saturated rings. The molecular weight excluding hydrogens is 290 g/mol. The van der Waals surface area contributed by atoms with E-state index in [1.807, 2.05) is 13.0 Å². The molecule has 3 rings (SSSR count). The number of ether oxygens (including phenoxy) is 1. The van der Waals surface area contributed by atoms with Gasteiger partial charge in [0.05, 0.1) is 31.3 Å². The number of aliphatic hydroxyl groups is 1. The van der Waals surface area contributed by atoms with Crippen molar-refractivity contribution < 1.29 is 9.84 Å². The van der Waals surface area contributed by atoms with E-state index in [-0.39, 0.29) is 6.61 Å². The Labute approximate surface area is 137 Å². The summed E-state index contributed by atoms with van der Waals surface area (Å²) in [7, 11) is 0. The lowest BCUT2D eigenvalue weighted by Gasteiger charge is -2.34. The minimum atomic E-state index is 0.00386. The number of hydrogen-bond donors (Lipinski definition) is 2. The van der Waals surface area contributed by atoms with Gasteiger partial charge in [-0.15, -0.1) is 0 Å². The van der Waals surface area contributed by atoms with Crippen LogP contribution in [0.3, 0.4) is 0 Å². The lowest BCUT2D eigenvalue weighted by molar-refractivity contribution is 0.167. The maximum atomic E-state index is 9.57. The van der Waals surface area contributed by atoms with Crippen LogP contribution in [0.2, 0.25) is 0 Å². The van der Waals surface area contributed by atoms with Crippen LogP contribution in [0.25, 0.3) is 0 Å². The van der Waals surface area contributed by atoms with E-state index in [2.05, 4.69) is 33.9 Å². The Morgan fingerprint density at radius 3 is 3.00 bits per heavy atom. The molecule has 0 spiro atoms. The van der Waals surface area contributed by atoms with Gasteiger partial charge in [-0.3, -0.25) is 4.90 Å². The van der Waals surface area contributed by atoms with Crippen molar-refractivity contribution in [2.75, 3.05) is 13.2 Å². The summed E-state index contributed by atoms with van der Waals surface area (Å²) in [6.07, 6.45) is 3.86. The fourth-order valence-corrected chi connectivity index (χ4v) is 3.43. The Kier molecular flexibility index (Phi) is 4.98. The van der Waals surface area contributed by atoms with E-state index >= 15 is 0 Å². The number of rotatable bonds is 6. The van der Waals surface area contributed by atoms with Gasteiger partial charge in [-0.05, 0) is 31.0 Å². The monoisotopic (exact) mass is 315 g/mol. The van der Waals surface area contributed by atoms with Gasteiger partial charge < -0.3 is 14.8 Å². The van der Waals surface area contributed by atoms with Crippen LogP contribution in [-0.2, 0) is 19.6 Å². The highest BCUT2D eigenvalue weighted by Gasteiger charge is 2.28. The zero-order valence-electron chi connectivity index (χ0n) is 13.9. The van der Waals surface area contributed by atoms with Crippen LogP contribution in [0.5, 0.6) is 5.75 Å². The fraction of sp³-hybridized carbons (Fsp3) is 0.500. The lowest BCUT2D eigenvalue weighted by atomic mass is 9.99. The van der Waals surface area contributed by atoms with Crippen molar-refractivity contribution in [3.8, 4) is 5.75 Å². The summed E-state index contributed by atoms with van der Waals surface area (Å²) in [5.41, 5.74) is 4.52. The van der Waals surface area contributed by atoms with Crippen LogP contribution in [-0.4, -0.2) is 33.1 Å². The number of benzene rings is 1. The molecule has 0 saturated carbocycles. The van der Waals surface area contributed by atoms with E-state index in [1.54, 1.807) is 6.33 Å². The number of nitrogens with zero attached hydrogens (tertiary/aromatic N) is 2. The summed E-state index contributed by atoms with van der Waals surface area (Å²) in [6, 6.07) is 6.47. The highest BCUT2D eigenvalue weighted by Crippen LogP contribution is 2.31. The van der Waals surface area contributed by atoms with Crippen LogP contribution in [0.4, 0.5) is 0 Å². The van der Waals surface area contributed by atoms with Gasteiger partial charge in [0, 0.05) is 30.8 Å². The molecule has 1 aliphatic heterocycles. The quantitative estimate of drug-likeness (QED) is 0.860. The molecule has 1 atom stereocenters. The second kappa shape index (κ2) is 7.15. The number of nitrogens with one attached hydrogen (secondary N) is 1. The van der Waals surface area contributed by atoms with Gasteiger partial charge in [-0.1, -0.05) is 13.0 Å². The second-order valence-corrected chi connectivity index (χ2v) is 5.94. The minimum Gasteiger partial charge on any atom is -0.494 e. The molecule has 2 N–H and O–H groups in total. The van der Waals surface area contributed by atoms with Crippen LogP contribution in [0, 0.1) is 0 Å². The average molecular weight is 315 g/mol. The van der Waals surface area contributed by atoms with E-state index in [9.17, 15) is 5.11 Å². The predicted octanol–water partition coefficient (Wildman–Crippen LogP) is 2.81. The largest absolute Gasteiger partial charge is 0.494 e. The van der Waals surface area contributed by atoms with Gasteiger partial charge in [-0.2, -0.15) is 0 Å². The molecule has 0 saturated heterocycles. The summed E-state index contributed by atoms with van der Waals surface area (Å²) in [5.74, 6) is 0.777. The van der Waals surface area contributed by atoms with Crippen molar-refractivity contribution in [2.45, 2.75) is 45.9 Å². The third-order valence-corrected chi connectivity index (χ3v) is 4.52. The number of aliphatic hydroxyl groups excluding tert-OH is 1. The van der Waals surface area contributed by atoms with E-state index in [1.165, 1.54) is 17.0 Å². The van der Waals surface area contributed by atoms with E-state index < -0.39 is 0 Å². The minimum absolute atomic E-state index is 0.00386. The summed E-state index contributed by atoms with van der Waals surface area (Å²) in [5, 5.41) is 9.57. The normalized spacial score (nSPS) is 18.0. The number of H-pyrrole nitrogens is 1. The Balaban J connectivity index is 1.79. The smallest absolute Gasteiger partial charge is 0.124 e. The first-order valence-electron chi connectivity index (χ1n) is 8.38. The molecule has 0 unspecified atom stereocenters. The van der Waals surface area contributed by atoms with Gasteiger partial charge in [0.15, 0.2) is 0 Å². The summed E-state index contributed by atoms with van der Waals surface area (Å²) in [4.78, 5) is 10.2. The maximum absolute atomic E-state index is 9.57. The van der Waals surface area contributed by atoms with Gasteiger partial charge in [0.1, 0.15) is 5.75 Å². The van der Waals surface area contributed by atoms with Crippen molar-refractivity contribution >= 4 is 0 Å². The average Bonchev–Trinajstić information content (AvgIpc) is 3.05. The molecule has 124 valence electrons. The van der Waals surface area contributed by atoms with Crippen molar-refractivity contribution in [3.63, 3.8) is 0 Å². The number of aromatic amines is 1. The number of imidazole rings is 1. The van der Waals surface area contributed by atoms with E-state index in [4.69, 9.17) is 4.74 Å². The van der Waals surface area contributed by atoms with Crippen LogP contribution < -0.4 is 4.74 Å². The number of fused-ring (bicyclic) bond motifs is 1. The first-order chi connectivity index (χ1) is 11.3. The molecule has 2 aromatic rings. The van der Waals surface area contributed by atoms with Crippen LogP contribution >= 0.6 is 0 Å². The van der Waals surface area contributed by atoms with Gasteiger partial charge in [-0.25, -0.2) is 4.98 Å². The first kappa shape index (κ1) is 16.0. The third-order valence-electron chi connectivity index (χ3n) is 4.52. The predicted molar refractivity (Wildman–Crippen MR) is 89.3 cm³/mol. The SMILES string of the molecule is CCOc1ccc(CN2CCc3[nH]cnc3[C@@H]2CC)cc1CO.